The number of nitrogens with zero attached hydrogens (tertiary/aromatic N) is 8. The first kappa shape index (κ1) is 27.7. The molecule has 1 saturated heterocycles. The minimum absolute atomic E-state index is 0.104. The predicted molar refractivity (Wildman–Crippen MR) is 143 cm³/mol. The van der Waals surface area contributed by atoms with Crippen molar-refractivity contribution in [3.05, 3.63) is 77.5 Å². The van der Waals surface area contributed by atoms with E-state index in [0.29, 0.717) is 52.5 Å². The van der Waals surface area contributed by atoms with Crippen molar-refractivity contribution < 1.29 is 22.7 Å². The number of halogens is 3. The van der Waals surface area contributed by atoms with Gasteiger partial charge in [-0.1, -0.05) is 5.21 Å². The summed E-state index contributed by atoms with van der Waals surface area (Å²) < 4.78 is 44.9. The van der Waals surface area contributed by atoms with Crippen LogP contribution in [0.1, 0.15) is 27.2 Å². The van der Waals surface area contributed by atoms with Crippen LogP contribution in [-0.2, 0) is 6.42 Å². The van der Waals surface area contributed by atoms with E-state index in [1.165, 1.54) is 16.9 Å². The lowest BCUT2D eigenvalue weighted by molar-refractivity contribution is -0.274. The van der Waals surface area contributed by atoms with Gasteiger partial charge in [-0.25, -0.2) is 4.68 Å². The number of ether oxygens (including phenoxy) is 1. The number of pyridine rings is 2. The van der Waals surface area contributed by atoms with Gasteiger partial charge in [-0.2, -0.15) is 5.26 Å². The van der Waals surface area contributed by atoms with Crippen LogP contribution in [-0.4, -0.2) is 75.2 Å². The Bertz CT molecular complexity index is 1620. The van der Waals surface area contributed by atoms with Crippen molar-refractivity contribution >= 4 is 11.5 Å². The topological polar surface area (TPSA) is 113 Å². The number of hydrogen-bond acceptors (Lipinski definition) is 9. The lowest BCUT2D eigenvalue weighted by atomic mass is 10.0. The third kappa shape index (κ3) is 6.67. The molecular weight excluding hydrogens is 537 g/mol. The molecule has 1 fully saturated rings. The van der Waals surface area contributed by atoms with Gasteiger partial charge in [0, 0.05) is 74.1 Å². The highest BCUT2D eigenvalue weighted by Gasteiger charge is 2.32. The van der Waals surface area contributed by atoms with Gasteiger partial charge in [-0.15, -0.1) is 18.3 Å². The van der Waals surface area contributed by atoms with Gasteiger partial charge in [0.2, 0.25) is 0 Å². The maximum atomic E-state index is 13.3. The number of anilines is 1. The molecule has 0 aliphatic carbocycles. The van der Waals surface area contributed by atoms with Crippen LogP contribution in [0.25, 0.3) is 16.9 Å². The molecule has 0 radical (unpaired) electrons. The number of likely N-dealkylation sites (N-methyl/N-ethyl adjacent to an activating group) is 1. The van der Waals surface area contributed by atoms with Crippen LogP contribution >= 0.6 is 0 Å². The normalized spacial score (nSPS) is 14.1. The zero-order valence-corrected chi connectivity index (χ0v) is 22.3. The van der Waals surface area contributed by atoms with Crippen molar-refractivity contribution in [2.24, 2.45) is 0 Å². The van der Waals surface area contributed by atoms with Crippen molar-refractivity contribution in [1.82, 2.24) is 29.9 Å². The Kier molecular flexibility index (Phi) is 7.67. The van der Waals surface area contributed by atoms with Crippen LogP contribution in [0.4, 0.5) is 18.9 Å². The summed E-state index contributed by atoms with van der Waals surface area (Å²) in [7, 11) is 1.98. The Labute approximate surface area is 233 Å². The highest BCUT2D eigenvalue weighted by molar-refractivity contribution is 5.98. The molecule has 3 aromatic heterocycles. The second kappa shape index (κ2) is 11.3. The minimum Gasteiger partial charge on any atom is -0.406 e. The second-order valence-electron chi connectivity index (χ2n) is 9.72. The molecule has 13 heteroatoms. The van der Waals surface area contributed by atoms with Gasteiger partial charge in [0.15, 0.2) is 5.78 Å². The number of piperazine rings is 1. The van der Waals surface area contributed by atoms with Crippen LogP contribution in [0.3, 0.4) is 0 Å². The molecule has 1 aromatic carbocycles. The van der Waals surface area contributed by atoms with Crippen LogP contribution in [0.2, 0.25) is 0 Å². The van der Waals surface area contributed by atoms with Gasteiger partial charge in [0.25, 0.3) is 0 Å². The second-order valence-corrected chi connectivity index (χ2v) is 9.72. The number of nitriles is 1. The van der Waals surface area contributed by atoms with Gasteiger partial charge in [0.1, 0.15) is 17.5 Å². The Hall–Kier alpha value is -4.83. The number of rotatable bonds is 7. The average Bonchev–Trinajstić information content (AvgIpc) is 3.43. The van der Waals surface area contributed by atoms with Crippen molar-refractivity contribution in [1.29, 1.82) is 5.26 Å². The van der Waals surface area contributed by atoms with Crippen molar-refractivity contribution in [2.45, 2.75) is 19.7 Å². The number of aryl methyl sites for hydroxylation is 1. The summed E-state index contributed by atoms with van der Waals surface area (Å²) in [6, 6.07) is 9.45. The molecule has 41 heavy (non-hydrogen) atoms. The van der Waals surface area contributed by atoms with E-state index in [1.807, 2.05) is 18.0 Å². The number of benzene rings is 1. The fourth-order valence-corrected chi connectivity index (χ4v) is 4.52. The van der Waals surface area contributed by atoms with Crippen LogP contribution in [0, 0.1) is 18.3 Å². The first-order chi connectivity index (χ1) is 19.6. The number of carbonyl (C=O) groups excluding carboxylic acids is 1. The number of aromatic nitrogens is 5. The first-order valence-electron chi connectivity index (χ1n) is 12.7. The molecule has 0 spiro atoms. The minimum atomic E-state index is -4.89. The molecule has 0 unspecified atom stereocenters. The number of carbonyl (C=O) groups is 1. The van der Waals surface area contributed by atoms with E-state index < -0.39 is 12.1 Å². The molecule has 0 saturated carbocycles. The van der Waals surface area contributed by atoms with Gasteiger partial charge in [0.05, 0.1) is 23.1 Å². The number of alkyl halides is 3. The summed E-state index contributed by atoms with van der Waals surface area (Å²) in [6.07, 6.45) is 1.23. The third-order valence-corrected chi connectivity index (χ3v) is 6.70. The van der Waals surface area contributed by atoms with E-state index >= 15 is 0 Å². The SMILES string of the molecule is Cc1ncc(CC(=O)c2cc(OC(F)(F)F)cc(N3CCN(C)CC3)c2)cc1-n1cc(-c2cncc(C#N)c2)nn1. The summed E-state index contributed by atoms with van der Waals surface area (Å²) in [5.74, 6) is -0.826. The van der Waals surface area contributed by atoms with E-state index in [1.54, 1.807) is 43.7 Å². The van der Waals surface area contributed by atoms with Crippen molar-refractivity contribution in [3.63, 3.8) is 0 Å². The average molecular weight is 563 g/mol. The lowest BCUT2D eigenvalue weighted by Crippen LogP contribution is -2.44. The number of Topliss-reactive ketones (excluding diaryl/α,β-unsaturated/α-hetero) is 1. The molecule has 1 aliphatic rings. The van der Waals surface area contributed by atoms with E-state index in [-0.39, 0.29) is 17.8 Å². The monoisotopic (exact) mass is 562 g/mol. The predicted octanol–water partition coefficient (Wildman–Crippen LogP) is 3.98. The molecule has 0 amide bonds. The van der Waals surface area contributed by atoms with Crippen molar-refractivity contribution in [2.75, 3.05) is 38.1 Å². The largest absolute Gasteiger partial charge is 0.573 e. The Morgan fingerprint density at radius 1 is 1.07 bits per heavy atom. The summed E-state index contributed by atoms with van der Waals surface area (Å²) in [4.78, 5) is 25.8. The lowest BCUT2D eigenvalue weighted by Gasteiger charge is -2.34. The highest BCUT2D eigenvalue weighted by Crippen LogP contribution is 2.30. The molecular formula is C28H25F3N8O2. The fraction of sp³-hybridized carbons (Fsp3) is 0.286. The van der Waals surface area contributed by atoms with Crippen LogP contribution < -0.4 is 9.64 Å². The van der Waals surface area contributed by atoms with Crippen molar-refractivity contribution in [3.8, 4) is 28.8 Å². The zero-order chi connectivity index (χ0) is 29.1. The Morgan fingerprint density at radius 3 is 2.59 bits per heavy atom. The molecule has 0 N–H and O–H groups in total. The molecule has 210 valence electrons. The van der Waals surface area contributed by atoms with E-state index in [9.17, 15) is 18.0 Å². The van der Waals surface area contributed by atoms with Gasteiger partial charge >= 0.3 is 6.36 Å². The van der Waals surface area contributed by atoms with Crippen LogP contribution in [0.5, 0.6) is 5.75 Å². The number of ketones is 1. The maximum absolute atomic E-state index is 13.3. The molecule has 1 aliphatic heterocycles. The standard InChI is InChI=1S/C28H25F3N8O2/c1-18-26(39-17-25(35-36-39)22-7-20(13-32)14-33-16-22)8-19(15-34-18)9-27(40)21-10-23(38-5-3-37(2)4-6-38)12-24(11-21)41-28(29,30)31/h7-8,10-12,14-17H,3-6,9H2,1-2H3. The molecule has 5 rings (SSSR count). The van der Waals surface area contributed by atoms with Gasteiger partial charge < -0.3 is 14.5 Å². The molecule has 0 atom stereocenters. The van der Waals surface area contributed by atoms with Gasteiger partial charge in [-0.05, 0) is 43.8 Å². The van der Waals surface area contributed by atoms with E-state index in [2.05, 4.69) is 29.9 Å². The Morgan fingerprint density at radius 2 is 1.85 bits per heavy atom. The quantitative estimate of drug-likeness (QED) is 0.309. The van der Waals surface area contributed by atoms with Gasteiger partial charge in [-0.3, -0.25) is 14.8 Å². The van der Waals surface area contributed by atoms with E-state index in [0.717, 1.165) is 19.2 Å². The molecule has 10 nitrogen and oxygen atoms in total. The molecule has 0 bridgehead atoms. The summed E-state index contributed by atoms with van der Waals surface area (Å²) in [5, 5.41) is 17.5. The van der Waals surface area contributed by atoms with E-state index in [4.69, 9.17) is 5.26 Å². The zero-order valence-electron chi connectivity index (χ0n) is 22.3. The van der Waals surface area contributed by atoms with Crippen LogP contribution in [0.15, 0.2) is 55.1 Å². The molecule has 4 aromatic rings. The smallest absolute Gasteiger partial charge is 0.406 e. The summed E-state index contributed by atoms with van der Waals surface area (Å²) >= 11 is 0. The first-order valence-corrected chi connectivity index (χ1v) is 12.7. The molecule has 4 heterocycles. The number of hydrogen-bond donors (Lipinski definition) is 0. The highest BCUT2D eigenvalue weighted by atomic mass is 19.4. The Balaban J connectivity index is 1.40. The third-order valence-electron chi connectivity index (χ3n) is 6.70. The summed E-state index contributed by atoms with van der Waals surface area (Å²) in [6.45, 7) is 4.50. The summed E-state index contributed by atoms with van der Waals surface area (Å²) in [5.41, 5.74) is 3.84. The fourth-order valence-electron chi connectivity index (χ4n) is 4.52. The maximum Gasteiger partial charge on any atom is 0.573 e.